The Morgan fingerprint density at radius 1 is 1.09 bits per heavy atom. The fraction of sp³-hybridized carbons (Fsp3) is 0.344. The first-order valence-corrected chi connectivity index (χ1v) is 14.5. The summed E-state index contributed by atoms with van der Waals surface area (Å²) >= 11 is 5.87. The number of carbonyl (C=O) groups excluding carboxylic acids is 3. The third-order valence-electron chi connectivity index (χ3n) is 7.89. The van der Waals surface area contributed by atoms with E-state index >= 15 is 0 Å². The van der Waals surface area contributed by atoms with Gasteiger partial charge in [-0.25, -0.2) is 14.1 Å². The van der Waals surface area contributed by atoms with Crippen molar-refractivity contribution in [3.63, 3.8) is 0 Å². The molecular weight excluding hydrogens is 653 g/mol. The van der Waals surface area contributed by atoms with Crippen molar-refractivity contribution in [1.29, 1.82) is 0 Å². The number of alkyl halides is 3. The second-order valence-electron chi connectivity index (χ2n) is 11.4. The molecule has 2 aliphatic heterocycles. The number of ether oxygens (including phenoxy) is 2. The molecule has 2 saturated heterocycles. The van der Waals surface area contributed by atoms with Gasteiger partial charge in [-0.15, -0.1) is 25.6 Å². The van der Waals surface area contributed by atoms with E-state index in [1.165, 1.54) is 38.1 Å². The van der Waals surface area contributed by atoms with Gasteiger partial charge < -0.3 is 19.7 Å². The van der Waals surface area contributed by atoms with Crippen molar-refractivity contribution in [2.24, 2.45) is 0 Å². The number of piperidine rings is 1. The van der Waals surface area contributed by atoms with Crippen LogP contribution >= 0.6 is 24.0 Å². The van der Waals surface area contributed by atoms with Crippen LogP contribution in [0, 0.1) is 5.82 Å². The van der Waals surface area contributed by atoms with Gasteiger partial charge in [-0.2, -0.15) is 0 Å². The Hall–Kier alpha value is -3.87. The number of carbonyl (C=O) groups is 3. The number of halogens is 6. The van der Waals surface area contributed by atoms with Crippen LogP contribution in [-0.2, 0) is 20.9 Å². The van der Waals surface area contributed by atoms with Gasteiger partial charge in [-0.05, 0) is 61.7 Å². The highest BCUT2D eigenvalue weighted by atomic mass is 35.5. The number of hydrogen-bond donors (Lipinski definition) is 1. The molecule has 14 heteroatoms. The van der Waals surface area contributed by atoms with Crippen LogP contribution in [0.25, 0.3) is 11.1 Å². The lowest BCUT2D eigenvalue weighted by atomic mass is 9.85. The Bertz CT molecular complexity index is 1610. The van der Waals surface area contributed by atoms with Crippen molar-refractivity contribution in [1.82, 2.24) is 15.1 Å². The topological polar surface area (TPSA) is 88.2 Å². The number of rotatable bonds is 8. The van der Waals surface area contributed by atoms with Gasteiger partial charge in [0.1, 0.15) is 18.1 Å². The predicted molar refractivity (Wildman–Crippen MR) is 164 cm³/mol. The van der Waals surface area contributed by atoms with Gasteiger partial charge >= 0.3 is 12.5 Å². The van der Waals surface area contributed by atoms with E-state index in [0.29, 0.717) is 12.0 Å². The van der Waals surface area contributed by atoms with Gasteiger partial charge in [0.25, 0.3) is 5.91 Å². The molecule has 3 aromatic carbocycles. The van der Waals surface area contributed by atoms with Crippen LogP contribution in [0.2, 0.25) is 5.02 Å². The Kier molecular flexibility index (Phi) is 10.5. The van der Waals surface area contributed by atoms with Crippen LogP contribution in [0.5, 0.6) is 5.75 Å². The number of benzene rings is 3. The average molecular weight is 685 g/mol. The fourth-order valence-electron chi connectivity index (χ4n) is 5.63. The van der Waals surface area contributed by atoms with Crippen LogP contribution in [0.3, 0.4) is 0 Å². The van der Waals surface area contributed by atoms with Crippen molar-refractivity contribution in [3.8, 4) is 16.9 Å². The summed E-state index contributed by atoms with van der Waals surface area (Å²) in [5.74, 6) is -2.38. The summed E-state index contributed by atoms with van der Waals surface area (Å²) in [6.07, 6.45) is -5.42. The van der Waals surface area contributed by atoms with Crippen molar-refractivity contribution < 1.29 is 41.4 Å². The number of nitrogens with zero attached hydrogens (tertiary/aromatic N) is 2. The highest BCUT2D eigenvalue weighted by Gasteiger charge is 2.48. The van der Waals surface area contributed by atoms with E-state index in [2.05, 4.69) is 10.1 Å². The number of likely N-dealkylation sites (tertiary alicyclic amines) is 1. The third-order valence-corrected chi connectivity index (χ3v) is 8.13. The number of amides is 3. The maximum Gasteiger partial charge on any atom is 0.573 e. The first kappa shape index (κ1) is 35.0. The Labute approximate surface area is 274 Å². The quantitative estimate of drug-likeness (QED) is 0.266. The molecule has 0 aromatic heterocycles. The summed E-state index contributed by atoms with van der Waals surface area (Å²) in [6.45, 7) is 2.87. The van der Waals surface area contributed by atoms with Crippen LogP contribution < -0.4 is 10.1 Å². The first-order valence-electron chi connectivity index (χ1n) is 14.2. The maximum absolute atomic E-state index is 14.7. The van der Waals surface area contributed by atoms with Gasteiger partial charge in [0.05, 0.1) is 0 Å². The molecule has 46 heavy (non-hydrogen) atoms. The molecule has 3 aromatic rings. The number of nitrogens with one attached hydrogen (secondary N) is 1. The molecule has 0 aliphatic carbocycles. The van der Waals surface area contributed by atoms with Crippen molar-refractivity contribution in [2.45, 2.75) is 50.7 Å². The van der Waals surface area contributed by atoms with E-state index in [4.69, 9.17) is 16.3 Å². The molecular formula is C32H31Cl2F4N3O5. The highest BCUT2D eigenvalue weighted by molar-refractivity contribution is 6.30. The second kappa shape index (κ2) is 13.9. The Balaban J connectivity index is 0.00000480. The van der Waals surface area contributed by atoms with Crippen LogP contribution in [-0.4, -0.2) is 65.3 Å². The molecule has 5 rings (SSSR count). The molecule has 2 heterocycles. The summed E-state index contributed by atoms with van der Waals surface area (Å²) < 4.78 is 63.9. The molecule has 8 nitrogen and oxygen atoms in total. The first-order chi connectivity index (χ1) is 21.2. The summed E-state index contributed by atoms with van der Waals surface area (Å²) in [5, 5.41) is 3.52. The van der Waals surface area contributed by atoms with E-state index in [-0.39, 0.29) is 60.2 Å². The summed E-state index contributed by atoms with van der Waals surface area (Å²) in [5.41, 5.74) is 0.185. The molecule has 0 saturated carbocycles. The molecule has 2 atom stereocenters. The average Bonchev–Trinajstić information content (AvgIpc) is 3.17. The van der Waals surface area contributed by atoms with E-state index in [1.54, 1.807) is 4.90 Å². The standard InChI is InChI=1S/C32H30ClF4N3O5.ClH/c1-31(2)29(42)40(30(43)45-31)18-28(41)39-13-12-26(24(17-39)19-6-4-3-5-7-19)38-16-21-14-20(8-11-27(21)44-32(35,36)37)23-10-9-22(33)15-25(23)34;/h3-11,14-15,24,26,38H,12-13,16-18H2,1-2H3;1H/t24-,26-;/m0./s1. The van der Waals surface area contributed by atoms with Crippen LogP contribution in [0.4, 0.5) is 22.4 Å². The molecule has 1 N–H and O–H groups in total. The lowest BCUT2D eigenvalue weighted by molar-refractivity contribution is -0.274. The van der Waals surface area contributed by atoms with Gasteiger partial charge in [0.2, 0.25) is 5.91 Å². The molecule has 0 radical (unpaired) electrons. The SMILES string of the molecule is CC1(C)OC(=O)N(CC(=O)N2CC[C@H](NCc3cc(-c4ccc(Cl)cc4F)ccc3OC(F)(F)F)[C@H](c3ccccc3)C2)C1=O.Cl. The normalized spacial score (nSPS) is 19.5. The van der Waals surface area contributed by atoms with Crippen LogP contribution in [0.1, 0.15) is 37.3 Å². The zero-order valence-corrected chi connectivity index (χ0v) is 26.3. The minimum atomic E-state index is -4.95. The largest absolute Gasteiger partial charge is 0.573 e. The van der Waals surface area contributed by atoms with Crippen molar-refractivity contribution in [2.75, 3.05) is 19.6 Å². The lowest BCUT2D eigenvalue weighted by Crippen LogP contribution is -2.52. The smallest absolute Gasteiger partial charge is 0.433 e. The Morgan fingerprint density at radius 2 is 1.80 bits per heavy atom. The minimum absolute atomic E-state index is 0. The molecule has 246 valence electrons. The number of hydrogen-bond acceptors (Lipinski definition) is 6. The second-order valence-corrected chi connectivity index (χ2v) is 11.8. The Morgan fingerprint density at radius 3 is 2.43 bits per heavy atom. The monoisotopic (exact) mass is 683 g/mol. The van der Waals surface area contributed by atoms with Gasteiger partial charge in [0, 0.05) is 47.7 Å². The zero-order valence-electron chi connectivity index (χ0n) is 24.8. The fourth-order valence-corrected chi connectivity index (χ4v) is 5.79. The highest BCUT2D eigenvalue weighted by Crippen LogP contribution is 2.34. The van der Waals surface area contributed by atoms with Crippen molar-refractivity contribution >= 4 is 41.9 Å². The molecule has 3 amide bonds. The minimum Gasteiger partial charge on any atom is -0.433 e. The van der Waals surface area contributed by atoms with E-state index in [9.17, 15) is 31.9 Å². The van der Waals surface area contributed by atoms with Crippen molar-refractivity contribution in [3.05, 3.63) is 88.7 Å². The van der Waals surface area contributed by atoms with E-state index in [0.717, 1.165) is 22.6 Å². The number of cyclic esters (lactones) is 1. The zero-order chi connectivity index (χ0) is 32.5. The maximum atomic E-state index is 14.7. The number of imide groups is 1. The van der Waals surface area contributed by atoms with E-state index in [1.807, 2.05) is 30.3 Å². The molecule has 2 aliphatic rings. The predicted octanol–water partition coefficient (Wildman–Crippen LogP) is 6.70. The molecule has 0 bridgehead atoms. The van der Waals surface area contributed by atoms with Gasteiger partial charge in [-0.1, -0.05) is 48.0 Å². The van der Waals surface area contributed by atoms with Gasteiger partial charge in [0.15, 0.2) is 5.60 Å². The van der Waals surface area contributed by atoms with E-state index < -0.39 is 48.0 Å². The molecule has 0 spiro atoms. The summed E-state index contributed by atoms with van der Waals surface area (Å²) in [7, 11) is 0. The third kappa shape index (κ3) is 7.91. The van der Waals surface area contributed by atoms with Crippen LogP contribution in [0.15, 0.2) is 66.7 Å². The van der Waals surface area contributed by atoms with Gasteiger partial charge in [-0.3, -0.25) is 9.59 Å². The molecule has 2 fully saturated rings. The lowest BCUT2D eigenvalue weighted by Gasteiger charge is -2.40. The summed E-state index contributed by atoms with van der Waals surface area (Å²) in [4.78, 5) is 40.4. The summed E-state index contributed by atoms with van der Waals surface area (Å²) in [6, 6.07) is 17.0. The molecule has 0 unspecified atom stereocenters.